The van der Waals surface area contributed by atoms with Crippen molar-refractivity contribution < 1.29 is 52.5 Å². The minimum Gasteiger partial charge on any atom is -0.449 e. The first-order valence-corrected chi connectivity index (χ1v) is 16.5. The summed E-state index contributed by atoms with van der Waals surface area (Å²) < 4.78 is 27.1. The number of nitrogens with one attached hydrogen (secondary N) is 1. The lowest BCUT2D eigenvalue weighted by molar-refractivity contribution is -0.167. The van der Waals surface area contributed by atoms with Gasteiger partial charge in [0.2, 0.25) is 6.10 Å². The highest BCUT2D eigenvalue weighted by Gasteiger charge is 2.43. The van der Waals surface area contributed by atoms with Gasteiger partial charge in [-0.25, -0.2) is 14.5 Å². The van der Waals surface area contributed by atoms with Crippen molar-refractivity contribution in [3.8, 4) is 6.07 Å². The van der Waals surface area contributed by atoms with Crippen molar-refractivity contribution in [3.63, 3.8) is 0 Å². The molecule has 1 N–H and O–H groups in total. The Balaban J connectivity index is 1.59. The number of morpholine rings is 2. The largest absolute Gasteiger partial charge is 0.449 e. The molecule has 0 aromatic heterocycles. The normalized spacial score (nSPS) is 17.1. The third-order valence-corrected chi connectivity index (χ3v) is 7.44. The van der Waals surface area contributed by atoms with Crippen LogP contribution in [0.25, 0.3) is 0 Å². The van der Waals surface area contributed by atoms with Crippen LogP contribution in [0.1, 0.15) is 59.6 Å². The van der Waals surface area contributed by atoms with E-state index in [1.54, 1.807) is 70.7 Å². The van der Waals surface area contributed by atoms with Crippen LogP contribution in [0.15, 0.2) is 42.5 Å². The van der Waals surface area contributed by atoms with E-state index in [9.17, 15) is 34.0 Å². The molecule has 16 heteroatoms. The molecule has 52 heavy (non-hydrogen) atoms. The van der Waals surface area contributed by atoms with Gasteiger partial charge in [-0.2, -0.15) is 5.26 Å². The zero-order chi connectivity index (χ0) is 38.4. The van der Waals surface area contributed by atoms with Crippen LogP contribution in [0.4, 0.5) is 26.7 Å². The van der Waals surface area contributed by atoms with Crippen molar-refractivity contribution in [2.45, 2.75) is 78.4 Å². The van der Waals surface area contributed by atoms with E-state index in [0.717, 1.165) is 6.92 Å². The molecule has 2 fully saturated rings. The van der Waals surface area contributed by atoms with E-state index in [2.05, 4.69) is 5.32 Å². The Hall–Kier alpha value is -5.53. The molecule has 278 valence electrons. The molecule has 2 aromatic rings. The fourth-order valence-corrected chi connectivity index (χ4v) is 5.26. The number of nitriles is 1. The van der Waals surface area contributed by atoms with E-state index in [1.807, 2.05) is 6.07 Å². The Morgan fingerprint density at radius 3 is 2.13 bits per heavy atom. The summed E-state index contributed by atoms with van der Waals surface area (Å²) in [5, 5.41) is 12.4. The summed E-state index contributed by atoms with van der Waals surface area (Å²) in [7, 11) is 0. The van der Waals surface area contributed by atoms with Crippen LogP contribution in [-0.4, -0.2) is 97.1 Å². The monoisotopic (exact) mass is 721 g/mol. The molecule has 16 nitrogen and oxygen atoms in total. The fourth-order valence-electron chi connectivity index (χ4n) is 5.26. The molecule has 2 aliphatic heterocycles. The number of rotatable bonds is 8. The average molecular weight is 722 g/mol. The Morgan fingerprint density at radius 1 is 0.942 bits per heavy atom. The van der Waals surface area contributed by atoms with Gasteiger partial charge in [-0.05, 0) is 83.5 Å². The van der Waals surface area contributed by atoms with Gasteiger partial charge < -0.3 is 38.8 Å². The molecule has 5 amide bonds. The smallest absolute Gasteiger partial charge is 0.420 e. The number of ether oxygens (including phenoxy) is 5. The van der Waals surface area contributed by atoms with Crippen molar-refractivity contribution in [1.29, 1.82) is 5.26 Å². The molecule has 2 atom stereocenters. The van der Waals surface area contributed by atoms with Crippen LogP contribution in [0.2, 0.25) is 0 Å². The highest BCUT2D eigenvalue weighted by molar-refractivity contribution is 6.05. The van der Waals surface area contributed by atoms with E-state index in [-0.39, 0.29) is 42.5 Å². The molecular weight excluding hydrogens is 678 g/mol. The van der Waals surface area contributed by atoms with Crippen LogP contribution in [-0.2, 0) is 49.4 Å². The number of hydrogen-bond acceptors (Lipinski definition) is 12. The predicted octanol–water partition coefficient (Wildman–Crippen LogP) is 3.90. The molecule has 4 rings (SSSR count). The minimum atomic E-state index is -1.74. The van der Waals surface area contributed by atoms with Gasteiger partial charge in [-0.15, -0.1) is 0 Å². The highest BCUT2D eigenvalue weighted by Crippen LogP contribution is 2.28. The second-order valence-electron chi connectivity index (χ2n) is 13.9. The summed E-state index contributed by atoms with van der Waals surface area (Å²) in [6.45, 7) is 11.1. The quantitative estimate of drug-likeness (QED) is 0.306. The highest BCUT2D eigenvalue weighted by atomic mass is 16.6. The number of amides is 5. The number of anilines is 3. The topological polar surface area (TPSA) is 194 Å². The number of carbonyl (C=O) groups excluding carboxylic acids is 6. The van der Waals surface area contributed by atoms with Crippen LogP contribution in [0.3, 0.4) is 0 Å². The third-order valence-electron chi connectivity index (χ3n) is 7.44. The van der Waals surface area contributed by atoms with Crippen molar-refractivity contribution in [1.82, 2.24) is 4.90 Å². The van der Waals surface area contributed by atoms with Crippen LogP contribution in [0.5, 0.6) is 0 Å². The van der Waals surface area contributed by atoms with E-state index < -0.39 is 59.9 Å². The predicted molar refractivity (Wildman–Crippen MR) is 185 cm³/mol. The lowest BCUT2D eigenvalue weighted by atomic mass is 10.1. The van der Waals surface area contributed by atoms with Gasteiger partial charge in [-0.1, -0.05) is 6.07 Å². The molecule has 2 aromatic carbocycles. The molecule has 0 radical (unpaired) electrons. The maximum absolute atomic E-state index is 13.8. The maximum atomic E-state index is 13.8. The lowest BCUT2D eigenvalue weighted by Crippen LogP contribution is -2.56. The fraction of sp³-hybridized carbons (Fsp3) is 0.472. The molecule has 2 heterocycles. The summed E-state index contributed by atoms with van der Waals surface area (Å²) in [4.78, 5) is 82.1. The molecule has 0 spiro atoms. The van der Waals surface area contributed by atoms with Crippen LogP contribution >= 0.6 is 0 Å². The van der Waals surface area contributed by atoms with Gasteiger partial charge in [-0.3, -0.25) is 19.2 Å². The molecule has 0 unspecified atom stereocenters. The van der Waals surface area contributed by atoms with Crippen molar-refractivity contribution >= 4 is 52.9 Å². The van der Waals surface area contributed by atoms with E-state index in [4.69, 9.17) is 23.7 Å². The molecule has 0 bridgehead atoms. The van der Waals surface area contributed by atoms with Crippen LogP contribution < -0.4 is 15.1 Å². The van der Waals surface area contributed by atoms with Crippen LogP contribution in [0, 0.1) is 11.3 Å². The molecule has 2 saturated heterocycles. The number of hydrogen-bond donors (Lipinski definition) is 1. The van der Waals surface area contributed by atoms with Gasteiger partial charge in [0.25, 0.3) is 17.7 Å². The van der Waals surface area contributed by atoms with Crippen molar-refractivity contribution in [3.05, 3.63) is 53.6 Å². The SMILES string of the molecule is CC(=O)O[C@@H](C(=O)Nc1ccc(C#N)c(CN(C(=O)OC(C)(C)C)C(=O)OC(C)(C)C)c1)[C@H]1OCCN(c2cccc(N3CCOCC3=O)c2)C1=O. The lowest BCUT2D eigenvalue weighted by Gasteiger charge is -2.35. The molecule has 0 saturated carbocycles. The minimum absolute atomic E-state index is 0.00561. The summed E-state index contributed by atoms with van der Waals surface area (Å²) in [5.74, 6) is -2.67. The second-order valence-corrected chi connectivity index (χ2v) is 13.9. The Bertz CT molecular complexity index is 1730. The van der Waals surface area contributed by atoms with E-state index in [0.29, 0.717) is 29.4 Å². The zero-order valence-corrected chi connectivity index (χ0v) is 30.2. The number of benzene rings is 2. The van der Waals surface area contributed by atoms with Gasteiger partial charge in [0.05, 0.1) is 31.4 Å². The Morgan fingerprint density at radius 2 is 1.56 bits per heavy atom. The third kappa shape index (κ3) is 10.3. The summed E-state index contributed by atoms with van der Waals surface area (Å²) in [6, 6.07) is 12.9. The van der Waals surface area contributed by atoms with Gasteiger partial charge >= 0.3 is 18.2 Å². The number of carbonyl (C=O) groups is 6. The molecule has 2 aliphatic rings. The number of nitrogens with zero attached hydrogens (tertiary/aromatic N) is 4. The summed E-state index contributed by atoms with van der Waals surface area (Å²) >= 11 is 0. The first-order valence-electron chi connectivity index (χ1n) is 16.5. The number of esters is 1. The standard InChI is InChI=1S/C36H43N5O11/c1-22(42)50-29(30-32(45)40(14-16-49-30)27-10-8-9-26(18-27)39-13-15-48-21-28(39)43)31(44)38-25-12-11-23(19-37)24(17-25)20-41(33(46)51-35(2,3)4)34(47)52-36(5,6)7/h8-12,17-18,29-30H,13-16,20-21H2,1-7H3,(H,38,44)/t29-,30-/m1/s1. The zero-order valence-electron chi connectivity index (χ0n) is 30.2. The van der Waals surface area contributed by atoms with Gasteiger partial charge in [0.1, 0.15) is 17.8 Å². The van der Waals surface area contributed by atoms with Gasteiger partial charge in [0, 0.05) is 37.1 Å². The Labute approximate surface area is 301 Å². The summed E-state index contributed by atoms with van der Waals surface area (Å²) in [6.07, 6.45) is -5.32. The summed E-state index contributed by atoms with van der Waals surface area (Å²) in [5.41, 5.74) is -0.610. The molecular formula is C36H43N5O11. The Kier molecular flexibility index (Phi) is 12.2. The average Bonchev–Trinajstić information content (AvgIpc) is 3.05. The van der Waals surface area contributed by atoms with E-state index >= 15 is 0 Å². The van der Waals surface area contributed by atoms with Crippen molar-refractivity contribution in [2.75, 3.05) is 48.0 Å². The first-order chi connectivity index (χ1) is 24.4. The molecule has 0 aliphatic carbocycles. The maximum Gasteiger partial charge on any atom is 0.420 e. The number of imide groups is 1. The van der Waals surface area contributed by atoms with E-state index in [1.165, 1.54) is 23.1 Å². The van der Waals surface area contributed by atoms with Gasteiger partial charge in [0.15, 0.2) is 6.10 Å². The second kappa shape index (κ2) is 16.2. The van der Waals surface area contributed by atoms with Crippen molar-refractivity contribution in [2.24, 2.45) is 0 Å². The first kappa shape index (κ1) is 39.3.